The standard InChI is InChI=1S/C13H10N4O2S/c1-8(5-14)7-20-13-16-11(10-3-2-4-19-10)9(6-15)12(18)17-13/h2-4,8H,7H2,1H3,(H,16,17,18). The zero-order valence-corrected chi connectivity index (χ0v) is 11.4. The summed E-state index contributed by atoms with van der Waals surface area (Å²) in [7, 11) is 0. The number of thioether (sulfide) groups is 1. The summed E-state index contributed by atoms with van der Waals surface area (Å²) >= 11 is 1.26. The summed E-state index contributed by atoms with van der Waals surface area (Å²) in [6.45, 7) is 1.78. The first-order chi connectivity index (χ1) is 9.65. The fourth-order valence-corrected chi connectivity index (χ4v) is 2.26. The predicted octanol–water partition coefficient (Wildman–Crippen LogP) is 2.15. The van der Waals surface area contributed by atoms with Crippen LogP contribution in [0.25, 0.3) is 11.5 Å². The van der Waals surface area contributed by atoms with E-state index < -0.39 is 5.56 Å². The fourth-order valence-electron chi connectivity index (χ4n) is 1.46. The van der Waals surface area contributed by atoms with E-state index in [2.05, 4.69) is 16.0 Å². The molecule has 2 heterocycles. The summed E-state index contributed by atoms with van der Waals surface area (Å²) in [6.07, 6.45) is 1.45. The first-order valence-corrected chi connectivity index (χ1v) is 6.75. The minimum atomic E-state index is -0.513. The van der Waals surface area contributed by atoms with Crippen LogP contribution < -0.4 is 5.56 Å². The van der Waals surface area contributed by atoms with Crippen LogP contribution in [0.2, 0.25) is 0 Å². The van der Waals surface area contributed by atoms with E-state index in [-0.39, 0.29) is 17.2 Å². The van der Waals surface area contributed by atoms with Gasteiger partial charge in [-0.15, -0.1) is 0 Å². The Hall–Kier alpha value is -2.51. The van der Waals surface area contributed by atoms with Gasteiger partial charge in [0.1, 0.15) is 17.3 Å². The third-order valence-electron chi connectivity index (χ3n) is 2.45. The van der Waals surface area contributed by atoms with Gasteiger partial charge < -0.3 is 9.40 Å². The highest BCUT2D eigenvalue weighted by atomic mass is 32.2. The quantitative estimate of drug-likeness (QED) is 0.681. The molecule has 0 fully saturated rings. The van der Waals surface area contributed by atoms with Gasteiger partial charge in [0.25, 0.3) is 5.56 Å². The molecule has 2 rings (SSSR count). The largest absolute Gasteiger partial charge is 0.463 e. The van der Waals surface area contributed by atoms with Crippen molar-refractivity contribution in [3.8, 4) is 23.6 Å². The van der Waals surface area contributed by atoms with Crippen LogP contribution in [-0.4, -0.2) is 15.7 Å². The molecule has 1 N–H and O–H groups in total. The van der Waals surface area contributed by atoms with E-state index in [1.54, 1.807) is 19.1 Å². The predicted molar refractivity (Wildman–Crippen MR) is 72.8 cm³/mol. The number of hydrogen-bond donors (Lipinski definition) is 1. The number of H-pyrrole nitrogens is 1. The number of nitrogens with one attached hydrogen (secondary N) is 1. The molecule has 0 saturated heterocycles. The minimum Gasteiger partial charge on any atom is -0.463 e. The molecule has 6 nitrogen and oxygen atoms in total. The van der Waals surface area contributed by atoms with Crippen LogP contribution in [0, 0.1) is 28.6 Å². The summed E-state index contributed by atoms with van der Waals surface area (Å²) in [6, 6.07) is 7.22. The molecule has 0 amide bonds. The number of aromatic amines is 1. The van der Waals surface area contributed by atoms with E-state index >= 15 is 0 Å². The highest BCUT2D eigenvalue weighted by Crippen LogP contribution is 2.23. The van der Waals surface area contributed by atoms with Gasteiger partial charge in [0, 0.05) is 5.75 Å². The molecule has 100 valence electrons. The summed E-state index contributed by atoms with van der Waals surface area (Å²) in [5, 5.41) is 18.1. The monoisotopic (exact) mass is 286 g/mol. The number of nitrogens with zero attached hydrogens (tertiary/aromatic N) is 3. The Morgan fingerprint density at radius 2 is 2.35 bits per heavy atom. The molecule has 0 bridgehead atoms. The van der Waals surface area contributed by atoms with Gasteiger partial charge in [0.15, 0.2) is 10.9 Å². The van der Waals surface area contributed by atoms with Crippen molar-refractivity contribution in [2.75, 3.05) is 5.75 Å². The molecule has 20 heavy (non-hydrogen) atoms. The maximum Gasteiger partial charge on any atom is 0.270 e. The van der Waals surface area contributed by atoms with Crippen LogP contribution in [0.1, 0.15) is 12.5 Å². The van der Waals surface area contributed by atoms with Gasteiger partial charge >= 0.3 is 0 Å². The lowest BCUT2D eigenvalue weighted by Gasteiger charge is -2.05. The number of rotatable bonds is 4. The van der Waals surface area contributed by atoms with Crippen molar-refractivity contribution < 1.29 is 4.42 Å². The van der Waals surface area contributed by atoms with Crippen LogP contribution >= 0.6 is 11.8 Å². The zero-order valence-electron chi connectivity index (χ0n) is 10.6. The van der Waals surface area contributed by atoms with Crippen molar-refractivity contribution in [3.63, 3.8) is 0 Å². The number of hydrogen-bond acceptors (Lipinski definition) is 6. The van der Waals surface area contributed by atoms with Crippen molar-refractivity contribution in [3.05, 3.63) is 34.3 Å². The van der Waals surface area contributed by atoms with Crippen LogP contribution in [0.4, 0.5) is 0 Å². The van der Waals surface area contributed by atoms with E-state index in [0.717, 1.165) is 0 Å². The van der Waals surface area contributed by atoms with Gasteiger partial charge in [-0.1, -0.05) is 11.8 Å². The smallest absolute Gasteiger partial charge is 0.270 e. The summed E-state index contributed by atoms with van der Waals surface area (Å²) in [4.78, 5) is 18.6. The molecule has 0 aromatic carbocycles. The number of aromatic nitrogens is 2. The summed E-state index contributed by atoms with van der Waals surface area (Å²) in [5.74, 6) is 0.707. The number of nitriles is 2. The third kappa shape index (κ3) is 2.90. The molecule has 0 aliphatic rings. The Morgan fingerprint density at radius 1 is 1.55 bits per heavy atom. The van der Waals surface area contributed by atoms with Crippen molar-refractivity contribution in [1.82, 2.24) is 9.97 Å². The summed E-state index contributed by atoms with van der Waals surface area (Å²) in [5.41, 5.74) is -0.382. The lowest BCUT2D eigenvalue weighted by molar-refractivity contribution is 0.578. The van der Waals surface area contributed by atoms with Gasteiger partial charge in [-0.25, -0.2) is 4.98 Å². The van der Waals surface area contributed by atoms with Crippen LogP contribution in [0.5, 0.6) is 0 Å². The van der Waals surface area contributed by atoms with Crippen LogP contribution in [0.3, 0.4) is 0 Å². The average Bonchev–Trinajstić information content (AvgIpc) is 2.98. The molecule has 2 aromatic heterocycles. The molecule has 0 aliphatic heterocycles. The van der Waals surface area contributed by atoms with Crippen molar-refractivity contribution in [2.45, 2.75) is 12.1 Å². The maximum atomic E-state index is 11.9. The lowest BCUT2D eigenvalue weighted by atomic mass is 10.2. The van der Waals surface area contributed by atoms with E-state index in [1.807, 2.05) is 6.07 Å². The highest BCUT2D eigenvalue weighted by molar-refractivity contribution is 7.99. The Morgan fingerprint density at radius 3 is 2.95 bits per heavy atom. The van der Waals surface area contributed by atoms with Crippen molar-refractivity contribution >= 4 is 11.8 Å². The van der Waals surface area contributed by atoms with Gasteiger partial charge in [-0.2, -0.15) is 10.5 Å². The molecule has 0 radical (unpaired) electrons. The molecule has 1 atom stereocenters. The fraction of sp³-hybridized carbons (Fsp3) is 0.231. The zero-order chi connectivity index (χ0) is 14.5. The molecule has 7 heteroatoms. The molecular formula is C13H10N4O2S. The van der Waals surface area contributed by atoms with Gasteiger partial charge in [-0.05, 0) is 19.1 Å². The summed E-state index contributed by atoms with van der Waals surface area (Å²) < 4.78 is 5.19. The van der Waals surface area contributed by atoms with Gasteiger partial charge in [0.2, 0.25) is 0 Å². The topological polar surface area (TPSA) is 106 Å². The van der Waals surface area contributed by atoms with E-state index in [4.69, 9.17) is 14.9 Å². The average molecular weight is 286 g/mol. The second-order valence-corrected chi connectivity index (χ2v) is 5.03. The number of furan rings is 1. The SMILES string of the molecule is CC(C#N)CSc1nc(-c2ccco2)c(C#N)c(=O)[nH]1. The molecule has 0 saturated carbocycles. The maximum absolute atomic E-state index is 11.9. The van der Waals surface area contributed by atoms with Crippen molar-refractivity contribution in [2.24, 2.45) is 5.92 Å². The van der Waals surface area contributed by atoms with Crippen molar-refractivity contribution in [1.29, 1.82) is 10.5 Å². The van der Waals surface area contributed by atoms with Gasteiger partial charge in [-0.3, -0.25) is 4.79 Å². The second-order valence-electron chi connectivity index (χ2n) is 4.02. The normalized spacial score (nSPS) is 11.6. The highest BCUT2D eigenvalue weighted by Gasteiger charge is 2.16. The Bertz CT molecular complexity index is 737. The third-order valence-corrected chi connectivity index (χ3v) is 3.59. The van der Waals surface area contributed by atoms with Crippen LogP contribution in [-0.2, 0) is 0 Å². The second kappa shape index (κ2) is 6.09. The van der Waals surface area contributed by atoms with E-state index in [0.29, 0.717) is 16.7 Å². The first-order valence-electron chi connectivity index (χ1n) is 5.76. The lowest BCUT2D eigenvalue weighted by Crippen LogP contribution is -2.15. The van der Waals surface area contributed by atoms with E-state index in [1.165, 1.54) is 18.0 Å². The Balaban J connectivity index is 2.41. The molecular weight excluding hydrogens is 276 g/mol. The Kier molecular flexibility index (Phi) is 4.24. The van der Waals surface area contributed by atoms with E-state index in [9.17, 15) is 4.79 Å². The molecule has 1 unspecified atom stereocenters. The van der Waals surface area contributed by atoms with Gasteiger partial charge in [0.05, 0.1) is 18.3 Å². The molecule has 2 aromatic rings. The van der Waals surface area contributed by atoms with Crippen LogP contribution in [0.15, 0.2) is 32.8 Å². The first kappa shape index (κ1) is 13.9. The minimum absolute atomic E-state index is 0.0855. The molecule has 0 aliphatic carbocycles. The Labute approximate surface area is 119 Å². The molecule has 0 spiro atoms.